The van der Waals surface area contributed by atoms with E-state index in [1.807, 2.05) is 0 Å². The fraction of sp³-hybridized carbons (Fsp3) is 0.0714. The highest BCUT2D eigenvalue weighted by molar-refractivity contribution is 7.91. The van der Waals surface area contributed by atoms with Gasteiger partial charge in [-0.3, -0.25) is 9.59 Å². The van der Waals surface area contributed by atoms with Crippen LogP contribution in [-0.2, 0) is 14.9 Å². The Morgan fingerprint density at radius 2 is 1.71 bits per heavy atom. The standard InChI is InChI=1S/C14H10N2O6S2/c1-7-6-10(24(15,20)21)23-11(7)14(19)22-16-12(17)8-4-2-3-5-9(8)13(16)18/h2-6H,1H3,(H2,15,20,21). The van der Waals surface area contributed by atoms with Crippen LogP contribution in [0, 0.1) is 6.92 Å². The van der Waals surface area contributed by atoms with Crippen LogP contribution in [0.4, 0.5) is 0 Å². The molecule has 3 rings (SSSR count). The van der Waals surface area contributed by atoms with Gasteiger partial charge in [0.25, 0.3) is 11.8 Å². The third-order valence-corrected chi connectivity index (χ3v) is 5.93. The molecule has 1 aliphatic rings. The Hall–Kier alpha value is -2.56. The summed E-state index contributed by atoms with van der Waals surface area (Å²) in [6.07, 6.45) is 0. The van der Waals surface area contributed by atoms with E-state index in [4.69, 9.17) is 9.98 Å². The van der Waals surface area contributed by atoms with E-state index in [0.717, 1.165) is 0 Å². The van der Waals surface area contributed by atoms with E-state index in [0.29, 0.717) is 22.0 Å². The lowest BCUT2D eigenvalue weighted by molar-refractivity contribution is -0.0581. The second kappa shape index (κ2) is 5.51. The Bertz CT molecular complexity index is 957. The Morgan fingerprint density at radius 3 is 2.17 bits per heavy atom. The van der Waals surface area contributed by atoms with Crippen LogP contribution in [-0.4, -0.2) is 31.3 Å². The molecule has 0 unspecified atom stereocenters. The molecule has 0 fully saturated rings. The molecule has 0 saturated heterocycles. The van der Waals surface area contributed by atoms with Crippen molar-refractivity contribution >= 4 is 39.1 Å². The van der Waals surface area contributed by atoms with Crippen LogP contribution in [0.25, 0.3) is 0 Å². The highest BCUT2D eigenvalue weighted by Gasteiger charge is 2.39. The lowest BCUT2D eigenvalue weighted by Gasteiger charge is -2.12. The van der Waals surface area contributed by atoms with Crippen molar-refractivity contribution in [2.24, 2.45) is 5.14 Å². The number of rotatable bonds is 3. The summed E-state index contributed by atoms with van der Waals surface area (Å²) < 4.78 is 22.5. The zero-order chi connectivity index (χ0) is 17.6. The number of hydroxylamine groups is 2. The quantitative estimate of drug-likeness (QED) is 0.811. The molecule has 0 spiro atoms. The topological polar surface area (TPSA) is 124 Å². The summed E-state index contributed by atoms with van der Waals surface area (Å²) in [5, 5.41) is 5.38. The molecule has 24 heavy (non-hydrogen) atoms. The molecule has 1 aromatic carbocycles. The molecule has 2 heterocycles. The van der Waals surface area contributed by atoms with Gasteiger partial charge < -0.3 is 4.84 Å². The van der Waals surface area contributed by atoms with E-state index in [9.17, 15) is 22.8 Å². The first kappa shape index (κ1) is 16.3. The third-order valence-electron chi connectivity index (χ3n) is 3.29. The van der Waals surface area contributed by atoms with Gasteiger partial charge >= 0.3 is 5.97 Å². The predicted molar refractivity (Wildman–Crippen MR) is 82.8 cm³/mol. The molecule has 124 valence electrons. The van der Waals surface area contributed by atoms with Crippen LogP contribution in [0.1, 0.15) is 36.0 Å². The smallest absolute Gasteiger partial charge is 0.323 e. The van der Waals surface area contributed by atoms with Crippen molar-refractivity contribution in [1.29, 1.82) is 0 Å². The largest absolute Gasteiger partial charge is 0.374 e. The molecule has 0 aliphatic carbocycles. The molecule has 1 aromatic heterocycles. The molecule has 2 amide bonds. The van der Waals surface area contributed by atoms with Crippen LogP contribution in [0.3, 0.4) is 0 Å². The Morgan fingerprint density at radius 1 is 1.17 bits per heavy atom. The van der Waals surface area contributed by atoms with Gasteiger partial charge in [-0.25, -0.2) is 18.4 Å². The zero-order valence-corrected chi connectivity index (χ0v) is 13.8. The summed E-state index contributed by atoms with van der Waals surface area (Å²) in [5.74, 6) is -2.53. The lowest BCUT2D eigenvalue weighted by Crippen LogP contribution is -2.32. The van der Waals surface area contributed by atoms with Gasteiger partial charge in [0.1, 0.15) is 9.09 Å². The van der Waals surface area contributed by atoms with E-state index in [1.165, 1.54) is 25.1 Å². The van der Waals surface area contributed by atoms with Gasteiger partial charge in [-0.2, -0.15) is 0 Å². The normalized spacial score (nSPS) is 14.0. The predicted octanol–water partition coefficient (Wildman–Crippen LogP) is 1.07. The molecule has 0 bridgehead atoms. The molecule has 8 nitrogen and oxygen atoms in total. The Kier molecular flexibility index (Phi) is 3.74. The van der Waals surface area contributed by atoms with Gasteiger partial charge in [-0.1, -0.05) is 17.2 Å². The molecule has 0 radical (unpaired) electrons. The van der Waals surface area contributed by atoms with Crippen LogP contribution in [0.2, 0.25) is 0 Å². The summed E-state index contributed by atoms with van der Waals surface area (Å²) in [6.45, 7) is 1.49. The summed E-state index contributed by atoms with van der Waals surface area (Å²) in [5.41, 5.74) is 0.567. The van der Waals surface area contributed by atoms with E-state index in [1.54, 1.807) is 12.1 Å². The number of amides is 2. The maximum atomic E-state index is 12.2. The minimum atomic E-state index is -3.97. The SMILES string of the molecule is Cc1cc(S(N)(=O)=O)sc1C(=O)ON1C(=O)c2ccccc2C1=O. The van der Waals surface area contributed by atoms with E-state index >= 15 is 0 Å². The Labute approximate surface area is 140 Å². The first-order valence-corrected chi connectivity index (χ1v) is 8.90. The van der Waals surface area contributed by atoms with Crippen LogP contribution in [0.15, 0.2) is 34.5 Å². The number of carbonyl (C=O) groups is 3. The molecule has 0 atom stereocenters. The molecule has 2 N–H and O–H groups in total. The fourth-order valence-electron chi connectivity index (χ4n) is 2.17. The Balaban J connectivity index is 1.88. The van der Waals surface area contributed by atoms with Crippen LogP contribution >= 0.6 is 11.3 Å². The summed E-state index contributed by atoms with van der Waals surface area (Å²) in [7, 11) is -3.97. The number of hydrogen-bond acceptors (Lipinski definition) is 7. The fourth-order valence-corrected chi connectivity index (χ4v) is 4.00. The minimum absolute atomic E-state index is 0.0596. The minimum Gasteiger partial charge on any atom is -0.323 e. The molecule has 2 aromatic rings. The number of primary sulfonamides is 1. The monoisotopic (exact) mass is 366 g/mol. The van der Waals surface area contributed by atoms with Gasteiger partial charge in [0.05, 0.1) is 11.1 Å². The molecule has 1 aliphatic heterocycles. The average Bonchev–Trinajstić information content (AvgIpc) is 3.02. The second-order valence-electron chi connectivity index (χ2n) is 4.95. The molecule has 10 heteroatoms. The number of benzene rings is 1. The van der Waals surface area contributed by atoms with E-state index in [2.05, 4.69) is 0 Å². The van der Waals surface area contributed by atoms with Crippen LogP contribution in [0.5, 0.6) is 0 Å². The number of hydrogen-bond donors (Lipinski definition) is 1. The highest BCUT2D eigenvalue weighted by atomic mass is 32.2. The van der Waals surface area contributed by atoms with Gasteiger partial charge in [0.2, 0.25) is 10.0 Å². The average molecular weight is 366 g/mol. The molecule has 0 saturated carbocycles. The third kappa shape index (κ3) is 2.60. The lowest BCUT2D eigenvalue weighted by atomic mass is 10.1. The maximum absolute atomic E-state index is 12.2. The van der Waals surface area contributed by atoms with Gasteiger partial charge in [0, 0.05) is 0 Å². The number of fused-ring (bicyclic) bond motifs is 1. The van der Waals surface area contributed by atoms with Crippen molar-refractivity contribution in [2.45, 2.75) is 11.1 Å². The van der Waals surface area contributed by atoms with Crippen molar-refractivity contribution in [1.82, 2.24) is 5.06 Å². The number of aryl methyl sites for hydroxylation is 1. The van der Waals surface area contributed by atoms with Gasteiger partial charge in [-0.05, 0) is 30.7 Å². The number of thiophene rings is 1. The maximum Gasteiger partial charge on any atom is 0.374 e. The van der Waals surface area contributed by atoms with E-state index < -0.39 is 27.8 Å². The number of imide groups is 1. The number of sulfonamides is 1. The molecular weight excluding hydrogens is 356 g/mol. The number of carbonyl (C=O) groups excluding carboxylic acids is 3. The van der Waals surface area contributed by atoms with Crippen molar-refractivity contribution in [3.8, 4) is 0 Å². The summed E-state index contributed by atoms with van der Waals surface area (Å²) in [4.78, 5) is 41.3. The van der Waals surface area contributed by atoms with Gasteiger partial charge in [-0.15, -0.1) is 11.3 Å². The van der Waals surface area contributed by atoms with Crippen molar-refractivity contribution in [2.75, 3.05) is 0 Å². The second-order valence-corrected chi connectivity index (χ2v) is 7.79. The summed E-state index contributed by atoms with van der Waals surface area (Å²) >= 11 is 0.607. The number of nitrogens with zero attached hydrogens (tertiary/aromatic N) is 1. The first-order chi connectivity index (χ1) is 11.2. The van der Waals surface area contributed by atoms with E-state index in [-0.39, 0.29) is 20.2 Å². The first-order valence-electron chi connectivity index (χ1n) is 6.53. The summed E-state index contributed by atoms with van der Waals surface area (Å²) in [6, 6.07) is 7.27. The van der Waals surface area contributed by atoms with Crippen molar-refractivity contribution in [3.63, 3.8) is 0 Å². The van der Waals surface area contributed by atoms with Gasteiger partial charge in [0.15, 0.2) is 0 Å². The highest BCUT2D eigenvalue weighted by Crippen LogP contribution is 2.28. The van der Waals surface area contributed by atoms with Crippen molar-refractivity contribution in [3.05, 3.63) is 51.9 Å². The number of nitrogens with two attached hydrogens (primary N) is 1. The van der Waals surface area contributed by atoms with Crippen molar-refractivity contribution < 1.29 is 27.6 Å². The van der Waals surface area contributed by atoms with Crippen LogP contribution < -0.4 is 5.14 Å². The zero-order valence-electron chi connectivity index (χ0n) is 12.2. The molecular formula is C14H10N2O6S2.